The van der Waals surface area contributed by atoms with E-state index in [-0.39, 0.29) is 19.1 Å². The van der Waals surface area contributed by atoms with E-state index < -0.39 is 23.5 Å². The molecule has 2 aromatic rings. The Morgan fingerprint density at radius 1 is 1.09 bits per heavy atom. The van der Waals surface area contributed by atoms with Gasteiger partial charge in [-0.05, 0) is 23.3 Å². The van der Waals surface area contributed by atoms with E-state index in [4.69, 9.17) is 19.0 Å². The van der Waals surface area contributed by atoms with Crippen LogP contribution in [0, 0.1) is 5.92 Å². The Hall–Kier alpha value is -2.94. The van der Waals surface area contributed by atoms with Crippen molar-refractivity contribution in [2.75, 3.05) is 34.4 Å². The molecule has 0 aliphatic carbocycles. The summed E-state index contributed by atoms with van der Waals surface area (Å²) in [6, 6.07) is 17.1. The molecule has 0 unspecified atom stereocenters. The zero-order valence-corrected chi connectivity index (χ0v) is 18.5. The van der Waals surface area contributed by atoms with Gasteiger partial charge in [0.05, 0.1) is 33.4 Å². The predicted octanol–water partition coefficient (Wildman–Crippen LogP) is 2.03. The molecule has 2 aliphatic heterocycles. The van der Waals surface area contributed by atoms with Gasteiger partial charge in [-0.3, -0.25) is 9.63 Å². The van der Waals surface area contributed by atoms with Gasteiger partial charge in [0.25, 0.3) is 0 Å². The molecule has 2 saturated heterocycles. The monoisotopic (exact) mass is 440 g/mol. The quantitative estimate of drug-likeness (QED) is 0.581. The van der Waals surface area contributed by atoms with Crippen molar-refractivity contribution in [2.45, 2.75) is 24.8 Å². The molecule has 0 spiro atoms. The predicted molar refractivity (Wildman–Crippen MR) is 115 cm³/mol. The zero-order chi connectivity index (χ0) is 22.7. The number of nitrogens with zero attached hydrogens (tertiary/aromatic N) is 2. The van der Waals surface area contributed by atoms with Crippen LogP contribution in [0.2, 0.25) is 0 Å². The summed E-state index contributed by atoms with van der Waals surface area (Å²) in [5.41, 5.74) is 0.444. The molecule has 4 rings (SSSR count). The molecule has 0 aromatic heterocycles. The van der Waals surface area contributed by atoms with Crippen molar-refractivity contribution in [1.29, 1.82) is 0 Å². The van der Waals surface area contributed by atoms with Crippen LogP contribution in [0.3, 0.4) is 0 Å². The standard InChI is InChI=1S/C24H28N2O6/c1-25-14-20-21(32-25)24(23(28)30-3,16-31-15-18-7-5-4-6-8-18)26(22(20)27)13-17-9-11-19(29-2)12-10-17/h4-12,20-21H,13-16H2,1-3H3/t20-,21+,24+/m0/s1. The number of esters is 1. The first-order valence-electron chi connectivity index (χ1n) is 10.5. The molecule has 2 fully saturated rings. The maximum absolute atomic E-state index is 13.5. The Morgan fingerprint density at radius 2 is 1.81 bits per heavy atom. The number of carbonyl (C=O) groups excluding carboxylic acids is 2. The summed E-state index contributed by atoms with van der Waals surface area (Å²) in [4.78, 5) is 34.3. The Kier molecular flexibility index (Phi) is 6.45. The molecule has 170 valence electrons. The first kappa shape index (κ1) is 22.3. The van der Waals surface area contributed by atoms with Crippen LogP contribution in [-0.2, 0) is 37.1 Å². The first-order valence-corrected chi connectivity index (χ1v) is 10.5. The summed E-state index contributed by atoms with van der Waals surface area (Å²) in [7, 11) is 4.68. The highest BCUT2D eigenvalue weighted by Gasteiger charge is 2.67. The van der Waals surface area contributed by atoms with Gasteiger partial charge in [-0.25, -0.2) is 4.79 Å². The minimum Gasteiger partial charge on any atom is -0.497 e. The second-order valence-corrected chi connectivity index (χ2v) is 8.11. The van der Waals surface area contributed by atoms with Gasteiger partial charge in [0.1, 0.15) is 11.9 Å². The van der Waals surface area contributed by atoms with E-state index in [9.17, 15) is 9.59 Å². The van der Waals surface area contributed by atoms with E-state index in [1.165, 1.54) is 7.11 Å². The molecule has 8 heteroatoms. The molecule has 0 N–H and O–H groups in total. The van der Waals surface area contributed by atoms with E-state index in [1.807, 2.05) is 54.6 Å². The van der Waals surface area contributed by atoms with Gasteiger partial charge in [-0.15, -0.1) is 0 Å². The highest BCUT2D eigenvalue weighted by molar-refractivity contribution is 5.95. The number of amides is 1. The summed E-state index contributed by atoms with van der Waals surface area (Å²) in [6.45, 7) is 0.898. The van der Waals surface area contributed by atoms with Crippen molar-refractivity contribution in [3.05, 3.63) is 65.7 Å². The highest BCUT2D eigenvalue weighted by atomic mass is 16.7. The lowest BCUT2D eigenvalue weighted by molar-refractivity contribution is -0.196. The molecule has 32 heavy (non-hydrogen) atoms. The van der Waals surface area contributed by atoms with Crippen molar-refractivity contribution in [3.8, 4) is 5.75 Å². The normalized spacial score (nSPS) is 25.1. The summed E-state index contributed by atoms with van der Waals surface area (Å²) in [5, 5.41) is 1.60. The Morgan fingerprint density at radius 3 is 2.47 bits per heavy atom. The van der Waals surface area contributed by atoms with Crippen molar-refractivity contribution < 1.29 is 28.6 Å². The van der Waals surface area contributed by atoms with Crippen LogP contribution in [0.25, 0.3) is 0 Å². The highest BCUT2D eigenvalue weighted by Crippen LogP contribution is 2.43. The third kappa shape index (κ3) is 3.97. The van der Waals surface area contributed by atoms with E-state index in [2.05, 4.69) is 0 Å². The van der Waals surface area contributed by atoms with Gasteiger partial charge in [-0.1, -0.05) is 42.5 Å². The third-order valence-electron chi connectivity index (χ3n) is 6.12. The van der Waals surface area contributed by atoms with Gasteiger partial charge in [0.15, 0.2) is 5.54 Å². The summed E-state index contributed by atoms with van der Waals surface area (Å²) in [5.74, 6) is -0.453. The number of hydrogen-bond donors (Lipinski definition) is 0. The summed E-state index contributed by atoms with van der Waals surface area (Å²) in [6.07, 6.45) is -0.693. The second kappa shape index (κ2) is 9.28. The Bertz CT molecular complexity index is 951. The Labute approximate surface area is 187 Å². The van der Waals surface area contributed by atoms with Crippen molar-refractivity contribution in [3.63, 3.8) is 0 Å². The topological polar surface area (TPSA) is 77.5 Å². The van der Waals surface area contributed by atoms with Gasteiger partial charge in [-0.2, -0.15) is 5.06 Å². The second-order valence-electron chi connectivity index (χ2n) is 8.11. The number of hydrogen-bond acceptors (Lipinski definition) is 7. The molecule has 0 bridgehead atoms. The molecule has 0 saturated carbocycles. The van der Waals surface area contributed by atoms with Crippen LogP contribution in [0.4, 0.5) is 0 Å². The molecule has 8 nitrogen and oxygen atoms in total. The van der Waals surface area contributed by atoms with Crippen LogP contribution in [-0.4, -0.2) is 67.9 Å². The molecule has 1 amide bonds. The van der Waals surface area contributed by atoms with Crippen LogP contribution in [0.5, 0.6) is 5.75 Å². The largest absolute Gasteiger partial charge is 0.497 e. The number of benzene rings is 2. The average Bonchev–Trinajstić information content (AvgIpc) is 3.30. The smallest absolute Gasteiger partial charge is 0.337 e. The number of fused-ring (bicyclic) bond motifs is 1. The van der Waals surface area contributed by atoms with Crippen LogP contribution >= 0.6 is 0 Å². The summed E-state index contributed by atoms with van der Waals surface area (Å²) >= 11 is 0. The third-order valence-corrected chi connectivity index (χ3v) is 6.12. The fraction of sp³-hybridized carbons (Fsp3) is 0.417. The van der Waals surface area contributed by atoms with Crippen LogP contribution < -0.4 is 4.74 Å². The van der Waals surface area contributed by atoms with Gasteiger partial charge in [0.2, 0.25) is 5.91 Å². The maximum Gasteiger partial charge on any atom is 0.337 e. The lowest BCUT2D eigenvalue weighted by atomic mass is 9.89. The number of ether oxygens (including phenoxy) is 3. The maximum atomic E-state index is 13.5. The van der Waals surface area contributed by atoms with Crippen LogP contribution in [0.15, 0.2) is 54.6 Å². The Balaban J connectivity index is 1.65. The van der Waals surface area contributed by atoms with E-state index in [1.54, 1.807) is 24.1 Å². The minimum absolute atomic E-state index is 0.0362. The van der Waals surface area contributed by atoms with E-state index in [0.29, 0.717) is 18.9 Å². The number of carbonyl (C=O) groups is 2. The van der Waals surface area contributed by atoms with Gasteiger partial charge >= 0.3 is 5.97 Å². The van der Waals surface area contributed by atoms with Crippen molar-refractivity contribution >= 4 is 11.9 Å². The fourth-order valence-electron chi connectivity index (χ4n) is 4.51. The van der Waals surface area contributed by atoms with Crippen LogP contribution in [0.1, 0.15) is 11.1 Å². The lowest BCUT2D eigenvalue weighted by Crippen LogP contribution is -2.61. The summed E-state index contributed by atoms with van der Waals surface area (Å²) < 4.78 is 16.4. The molecular formula is C24H28N2O6. The van der Waals surface area contributed by atoms with Gasteiger partial charge in [0, 0.05) is 20.1 Å². The van der Waals surface area contributed by atoms with E-state index >= 15 is 0 Å². The number of methoxy groups -OCH3 is 2. The molecule has 2 aromatic carbocycles. The van der Waals surface area contributed by atoms with Crippen molar-refractivity contribution in [2.24, 2.45) is 5.92 Å². The van der Waals surface area contributed by atoms with E-state index in [0.717, 1.165) is 11.1 Å². The minimum atomic E-state index is -1.39. The van der Waals surface area contributed by atoms with Crippen molar-refractivity contribution in [1.82, 2.24) is 9.96 Å². The number of likely N-dealkylation sites (tertiary alicyclic amines) is 1. The van der Waals surface area contributed by atoms with Gasteiger partial charge < -0.3 is 19.1 Å². The molecular weight excluding hydrogens is 412 g/mol. The number of hydroxylamine groups is 2. The molecule has 2 aliphatic rings. The molecule has 3 atom stereocenters. The zero-order valence-electron chi connectivity index (χ0n) is 18.5. The fourth-order valence-corrected chi connectivity index (χ4v) is 4.51. The first-order chi connectivity index (χ1) is 15.5. The molecule has 0 radical (unpaired) electrons. The average molecular weight is 440 g/mol. The SMILES string of the molecule is COC(=O)[C@@]1(COCc2ccccc2)[C@@H]2ON(C)C[C@@H]2C(=O)N1Cc1ccc(OC)cc1. The molecule has 2 heterocycles. The lowest BCUT2D eigenvalue weighted by Gasteiger charge is -2.38. The number of rotatable bonds is 8.